The van der Waals surface area contributed by atoms with E-state index < -0.39 is 5.83 Å². The molecular weight excluding hydrogens is 191 g/mol. The molecule has 0 heterocycles. The number of halogens is 1. The molecule has 0 spiro atoms. The van der Waals surface area contributed by atoms with Crippen molar-refractivity contribution in [2.45, 2.75) is 20.8 Å². The summed E-state index contributed by atoms with van der Waals surface area (Å²) in [6.07, 6.45) is 4.78. The minimum Gasteiger partial charge on any atom is -0.493 e. The van der Waals surface area contributed by atoms with Crippen LogP contribution in [0.4, 0.5) is 4.39 Å². The van der Waals surface area contributed by atoms with Gasteiger partial charge >= 0.3 is 0 Å². The lowest BCUT2D eigenvalue weighted by Gasteiger charge is -2.09. The molecule has 1 aliphatic rings. The van der Waals surface area contributed by atoms with Crippen LogP contribution in [0, 0.1) is 17.8 Å². The summed E-state index contributed by atoms with van der Waals surface area (Å²) in [5.74, 6) is 5.48. The zero-order valence-electron chi connectivity index (χ0n) is 9.30. The zero-order chi connectivity index (χ0) is 11.3. The van der Waals surface area contributed by atoms with E-state index in [1.54, 1.807) is 12.2 Å². The summed E-state index contributed by atoms with van der Waals surface area (Å²) < 4.78 is 18.5. The van der Waals surface area contributed by atoms with E-state index >= 15 is 0 Å². The Kier molecular flexibility index (Phi) is 4.17. The predicted octanol–water partition coefficient (Wildman–Crippen LogP) is 3.36. The van der Waals surface area contributed by atoms with E-state index in [1.165, 1.54) is 6.08 Å². The summed E-state index contributed by atoms with van der Waals surface area (Å²) in [5.41, 5.74) is 0.963. The number of hydrogen-bond acceptors (Lipinski definition) is 1. The Morgan fingerprint density at radius 3 is 2.80 bits per heavy atom. The average Bonchev–Trinajstić information content (AvgIpc) is 2.11. The fraction of sp³-hybridized carbons (Fsp3) is 0.385. The number of ether oxygens (including phenoxy) is 1. The van der Waals surface area contributed by atoms with Crippen LogP contribution >= 0.6 is 0 Å². The van der Waals surface area contributed by atoms with Gasteiger partial charge in [-0.25, -0.2) is 0 Å². The van der Waals surface area contributed by atoms with Gasteiger partial charge in [0.25, 0.3) is 0 Å². The molecule has 2 heteroatoms. The highest BCUT2D eigenvalue weighted by molar-refractivity contribution is 5.40. The molecule has 0 unspecified atom stereocenters. The third-order valence-corrected chi connectivity index (χ3v) is 1.71. The molecule has 0 aromatic rings. The normalized spacial score (nSPS) is 18.9. The Bertz CT molecular complexity index is 375. The lowest BCUT2D eigenvalue weighted by Crippen LogP contribution is -2.01. The van der Waals surface area contributed by atoms with Crippen LogP contribution in [0.2, 0.25) is 0 Å². The molecule has 0 aromatic heterocycles. The van der Waals surface area contributed by atoms with Crippen LogP contribution < -0.4 is 0 Å². The van der Waals surface area contributed by atoms with Crippen LogP contribution in [0.5, 0.6) is 0 Å². The molecular formula is C13H15FO. The van der Waals surface area contributed by atoms with E-state index in [-0.39, 0.29) is 0 Å². The van der Waals surface area contributed by atoms with Gasteiger partial charge in [0, 0.05) is 6.08 Å². The summed E-state index contributed by atoms with van der Waals surface area (Å²) >= 11 is 0. The van der Waals surface area contributed by atoms with Gasteiger partial charge in [0.2, 0.25) is 0 Å². The third-order valence-electron chi connectivity index (χ3n) is 1.71. The number of allylic oxidation sites excluding steroid dienone is 5. The smallest absolute Gasteiger partial charge is 0.177 e. The Morgan fingerprint density at radius 1 is 1.40 bits per heavy atom. The molecule has 0 aliphatic heterocycles. The second kappa shape index (κ2) is 5.41. The summed E-state index contributed by atoms with van der Waals surface area (Å²) in [6, 6.07) is 0. The summed E-state index contributed by atoms with van der Waals surface area (Å²) in [5, 5.41) is 0. The summed E-state index contributed by atoms with van der Waals surface area (Å²) in [7, 11) is 0. The maximum atomic E-state index is 13.1. The topological polar surface area (TPSA) is 9.23 Å². The Morgan fingerprint density at radius 2 is 2.13 bits per heavy atom. The van der Waals surface area contributed by atoms with Gasteiger partial charge in [-0.3, -0.25) is 0 Å². The van der Waals surface area contributed by atoms with Gasteiger partial charge in [-0.15, -0.1) is 0 Å². The monoisotopic (exact) mass is 206 g/mol. The first kappa shape index (κ1) is 11.6. The molecule has 0 N–H and O–H groups in total. The first-order valence-corrected chi connectivity index (χ1v) is 4.98. The van der Waals surface area contributed by atoms with Crippen molar-refractivity contribution in [3.63, 3.8) is 0 Å². The van der Waals surface area contributed by atoms with E-state index in [9.17, 15) is 4.39 Å². The molecule has 0 fully saturated rings. The van der Waals surface area contributed by atoms with Gasteiger partial charge < -0.3 is 4.74 Å². The SMILES string of the molecule is CC1=CC#C/C(F)=C/C(OCC(C)C)=C1. The predicted molar refractivity (Wildman–Crippen MR) is 59.6 cm³/mol. The van der Waals surface area contributed by atoms with Crippen molar-refractivity contribution in [3.8, 4) is 11.8 Å². The molecule has 1 rings (SSSR count). The van der Waals surface area contributed by atoms with Crippen LogP contribution in [-0.2, 0) is 4.74 Å². The van der Waals surface area contributed by atoms with Gasteiger partial charge in [0.05, 0.1) is 6.61 Å². The highest BCUT2D eigenvalue weighted by Crippen LogP contribution is 2.12. The van der Waals surface area contributed by atoms with Gasteiger partial charge in [-0.05, 0) is 36.5 Å². The summed E-state index contributed by atoms with van der Waals surface area (Å²) in [4.78, 5) is 0. The van der Waals surface area contributed by atoms with Crippen LogP contribution in [0.25, 0.3) is 0 Å². The molecule has 80 valence electrons. The maximum absolute atomic E-state index is 13.1. The largest absolute Gasteiger partial charge is 0.493 e. The highest BCUT2D eigenvalue weighted by atomic mass is 19.1. The third kappa shape index (κ3) is 4.51. The van der Waals surface area contributed by atoms with E-state index in [1.807, 2.05) is 20.8 Å². The summed E-state index contributed by atoms with van der Waals surface area (Å²) in [6.45, 7) is 6.58. The first-order chi connectivity index (χ1) is 7.08. The van der Waals surface area contributed by atoms with E-state index in [0.717, 1.165) is 5.57 Å². The molecule has 1 nitrogen and oxygen atoms in total. The number of rotatable bonds is 3. The molecule has 0 bridgehead atoms. The van der Waals surface area contributed by atoms with Crippen molar-refractivity contribution in [1.29, 1.82) is 0 Å². The van der Waals surface area contributed by atoms with Crippen LogP contribution in [-0.4, -0.2) is 6.61 Å². The standard InChI is InChI=1S/C13H15FO/c1-10(2)9-15-13-7-11(3)5-4-6-12(14)8-13/h5,7-8,10H,9H2,1-3H3/b11-5?,11-7?,12-8-,13-7?,13-8?. The van der Waals surface area contributed by atoms with Crippen molar-refractivity contribution in [3.05, 3.63) is 35.4 Å². The van der Waals surface area contributed by atoms with Gasteiger partial charge in [0.15, 0.2) is 5.83 Å². The Labute approximate surface area is 90.3 Å². The van der Waals surface area contributed by atoms with Crippen molar-refractivity contribution >= 4 is 0 Å². The minimum absolute atomic E-state index is 0.420. The van der Waals surface area contributed by atoms with Gasteiger partial charge in [0.1, 0.15) is 5.76 Å². The molecule has 1 aliphatic carbocycles. The maximum Gasteiger partial charge on any atom is 0.177 e. The molecule has 0 aromatic carbocycles. The van der Waals surface area contributed by atoms with E-state index in [2.05, 4.69) is 11.8 Å². The molecule has 0 saturated carbocycles. The molecule has 0 radical (unpaired) electrons. The Hall–Kier alpha value is -1.49. The number of hydrogen-bond donors (Lipinski definition) is 0. The molecule has 0 saturated heterocycles. The van der Waals surface area contributed by atoms with Gasteiger partial charge in [-0.1, -0.05) is 19.8 Å². The van der Waals surface area contributed by atoms with Crippen molar-refractivity contribution in [2.24, 2.45) is 5.92 Å². The van der Waals surface area contributed by atoms with E-state index in [4.69, 9.17) is 4.74 Å². The lowest BCUT2D eigenvalue weighted by molar-refractivity contribution is 0.189. The minimum atomic E-state index is -0.464. The zero-order valence-corrected chi connectivity index (χ0v) is 9.30. The second-order valence-electron chi connectivity index (χ2n) is 3.90. The second-order valence-corrected chi connectivity index (χ2v) is 3.90. The molecule has 15 heavy (non-hydrogen) atoms. The Balaban J connectivity index is 2.78. The first-order valence-electron chi connectivity index (χ1n) is 4.98. The fourth-order valence-electron chi connectivity index (χ4n) is 1.03. The van der Waals surface area contributed by atoms with Gasteiger partial charge in [-0.2, -0.15) is 4.39 Å². The van der Waals surface area contributed by atoms with Crippen LogP contribution in [0.1, 0.15) is 20.8 Å². The van der Waals surface area contributed by atoms with Crippen molar-refractivity contribution in [1.82, 2.24) is 0 Å². The lowest BCUT2D eigenvalue weighted by atomic mass is 10.2. The fourth-order valence-corrected chi connectivity index (χ4v) is 1.03. The quantitative estimate of drug-likeness (QED) is 0.643. The van der Waals surface area contributed by atoms with Crippen molar-refractivity contribution < 1.29 is 9.13 Å². The molecule has 0 amide bonds. The molecule has 0 atom stereocenters. The van der Waals surface area contributed by atoms with Crippen molar-refractivity contribution in [2.75, 3.05) is 6.61 Å². The van der Waals surface area contributed by atoms with E-state index in [0.29, 0.717) is 18.3 Å². The highest BCUT2D eigenvalue weighted by Gasteiger charge is 2.01. The van der Waals surface area contributed by atoms with Crippen LogP contribution in [0.3, 0.4) is 0 Å². The van der Waals surface area contributed by atoms with Crippen LogP contribution in [0.15, 0.2) is 35.4 Å². The average molecular weight is 206 g/mol.